The summed E-state index contributed by atoms with van der Waals surface area (Å²) in [4.78, 5) is 23.0. The Bertz CT molecular complexity index is 501. The first-order valence-corrected chi connectivity index (χ1v) is 14.3. The molecule has 5 nitrogen and oxygen atoms in total. The van der Waals surface area contributed by atoms with Gasteiger partial charge in [-0.25, -0.2) is 0 Å². The maximum Gasteiger partial charge on any atom is 0.306 e. The Balaban J connectivity index is 3.63. The van der Waals surface area contributed by atoms with Crippen molar-refractivity contribution in [3.05, 3.63) is 0 Å². The number of hydrogen-bond acceptors (Lipinski definition) is 4. The van der Waals surface area contributed by atoms with Gasteiger partial charge in [0.15, 0.2) is 6.10 Å². The van der Waals surface area contributed by atoms with Crippen molar-refractivity contribution in [3.8, 4) is 0 Å². The van der Waals surface area contributed by atoms with Crippen molar-refractivity contribution in [2.45, 2.75) is 142 Å². The molecule has 0 N–H and O–H groups in total. The number of rotatable bonds is 24. The number of carboxylic acids is 1. The number of likely N-dealkylation sites (N-methyl/N-ethyl adjacent to an activating group) is 1. The Kier molecular flexibility index (Phi) is 20.5. The van der Waals surface area contributed by atoms with Crippen LogP contribution in [0.15, 0.2) is 0 Å². The highest BCUT2D eigenvalue weighted by atomic mass is 16.5. The summed E-state index contributed by atoms with van der Waals surface area (Å²) in [6, 6.07) is 0. The van der Waals surface area contributed by atoms with Crippen molar-refractivity contribution >= 4 is 11.9 Å². The van der Waals surface area contributed by atoms with Crippen LogP contribution >= 0.6 is 0 Å². The fourth-order valence-corrected chi connectivity index (χ4v) is 4.60. The summed E-state index contributed by atoms with van der Waals surface area (Å²) in [5, 5.41) is 10.9. The average Bonchev–Trinajstić information content (AvgIpc) is 2.72. The Morgan fingerprint density at radius 3 is 1.62 bits per heavy atom. The van der Waals surface area contributed by atoms with Gasteiger partial charge in [0.1, 0.15) is 6.54 Å². The SMILES string of the molecule is CCCCCCCCCCCCCCC(C)CCCCCC(=O)OC(CC(=O)[O-])C[N+](C)(C)C. The van der Waals surface area contributed by atoms with Gasteiger partial charge < -0.3 is 19.1 Å². The number of aliphatic carboxylic acids is 1. The number of carbonyl (C=O) groups is 2. The number of esters is 1. The molecular formula is C29H57NO4. The van der Waals surface area contributed by atoms with E-state index in [9.17, 15) is 14.7 Å². The van der Waals surface area contributed by atoms with E-state index in [1.54, 1.807) is 0 Å². The summed E-state index contributed by atoms with van der Waals surface area (Å²) < 4.78 is 5.96. The summed E-state index contributed by atoms with van der Waals surface area (Å²) in [7, 11) is 5.86. The van der Waals surface area contributed by atoms with Gasteiger partial charge in [-0.1, -0.05) is 117 Å². The summed E-state index contributed by atoms with van der Waals surface area (Å²) in [5.41, 5.74) is 0. The third kappa shape index (κ3) is 24.0. The van der Waals surface area contributed by atoms with E-state index in [1.807, 2.05) is 21.1 Å². The molecule has 0 spiro atoms. The van der Waals surface area contributed by atoms with Gasteiger partial charge in [0, 0.05) is 18.8 Å². The first-order valence-electron chi connectivity index (χ1n) is 14.3. The molecule has 202 valence electrons. The van der Waals surface area contributed by atoms with Crippen molar-refractivity contribution in [1.82, 2.24) is 0 Å². The normalized spacial score (nSPS) is 13.6. The predicted molar refractivity (Wildman–Crippen MR) is 140 cm³/mol. The van der Waals surface area contributed by atoms with Crippen molar-refractivity contribution in [3.63, 3.8) is 0 Å². The van der Waals surface area contributed by atoms with Gasteiger partial charge >= 0.3 is 5.97 Å². The maximum atomic E-state index is 12.1. The molecule has 0 saturated heterocycles. The summed E-state index contributed by atoms with van der Waals surface area (Å²) in [6.45, 7) is 5.09. The zero-order chi connectivity index (χ0) is 25.7. The van der Waals surface area contributed by atoms with Crippen LogP contribution in [0, 0.1) is 5.92 Å². The largest absolute Gasteiger partial charge is 0.550 e. The van der Waals surface area contributed by atoms with Crippen molar-refractivity contribution in [1.29, 1.82) is 0 Å². The Labute approximate surface area is 211 Å². The van der Waals surface area contributed by atoms with Crippen molar-refractivity contribution < 1.29 is 23.9 Å². The lowest BCUT2D eigenvalue weighted by Gasteiger charge is -2.29. The molecule has 0 aliphatic heterocycles. The lowest BCUT2D eigenvalue weighted by atomic mass is 9.96. The fraction of sp³-hybridized carbons (Fsp3) is 0.931. The molecule has 0 aliphatic rings. The third-order valence-electron chi connectivity index (χ3n) is 6.57. The van der Waals surface area contributed by atoms with Gasteiger partial charge in [0.05, 0.1) is 21.1 Å². The maximum absolute atomic E-state index is 12.1. The number of quaternary nitrogens is 1. The number of ether oxygens (including phenoxy) is 1. The minimum Gasteiger partial charge on any atom is -0.550 e. The summed E-state index contributed by atoms with van der Waals surface area (Å²) >= 11 is 0. The average molecular weight is 484 g/mol. The first-order chi connectivity index (χ1) is 16.1. The van der Waals surface area contributed by atoms with Crippen LogP contribution in [-0.2, 0) is 14.3 Å². The molecule has 0 bridgehead atoms. The second kappa shape index (κ2) is 21.2. The minimum atomic E-state index is -1.17. The van der Waals surface area contributed by atoms with Gasteiger partial charge in [-0.15, -0.1) is 0 Å². The minimum absolute atomic E-state index is 0.238. The van der Waals surface area contributed by atoms with Gasteiger partial charge in [-0.3, -0.25) is 4.79 Å². The Hall–Kier alpha value is -1.10. The molecule has 0 aliphatic carbocycles. The molecule has 0 heterocycles. The zero-order valence-electron chi connectivity index (χ0n) is 23.4. The molecule has 0 radical (unpaired) electrons. The molecular weight excluding hydrogens is 426 g/mol. The zero-order valence-corrected chi connectivity index (χ0v) is 23.4. The van der Waals surface area contributed by atoms with Crippen LogP contribution in [0.5, 0.6) is 0 Å². The van der Waals surface area contributed by atoms with Gasteiger partial charge in [0.2, 0.25) is 0 Å². The highest BCUT2D eigenvalue weighted by Crippen LogP contribution is 2.19. The van der Waals surface area contributed by atoms with Crippen LogP contribution in [-0.4, -0.2) is 50.2 Å². The molecule has 0 amide bonds. The number of unbranched alkanes of at least 4 members (excludes halogenated alkanes) is 13. The van der Waals surface area contributed by atoms with Gasteiger partial charge in [-0.2, -0.15) is 0 Å². The van der Waals surface area contributed by atoms with E-state index in [1.165, 1.54) is 89.9 Å². The van der Waals surface area contributed by atoms with E-state index in [4.69, 9.17) is 4.74 Å². The van der Waals surface area contributed by atoms with E-state index in [0.29, 0.717) is 17.4 Å². The Morgan fingerprint density at radius 1 is 0.735 bits per heavy atom. The van der Waals surface area contributed by atoms with E-state index in [0.717, 1.165) is 25.2 Å². The van der Waals surface area contributed by atoms with Crippen LogP contribution in [0.4, 0.5) is 0 Å². The molecule has 0 rings (SSSR count). The highest BCUT2D eigenvalue weighted by Gasteiger charge is 2.22. The second-order valence-corrected chi connectivity index (χ2v) is 11.5. The Morgan fingerprint density at radius 2 is 1.18 bits per heavy atom. The van der Waals surface area contributed by atoms with E-state index in [-0.39, 0.29) is 12.4 Å². The van der Waals surface area contributed by atoms with Gasteiger partial charge in [-0.05, 0) is 12.3 Å². The van der Waals surface area contributed by atoms with Crippen LogP contribution in [0.3, 0.4) is 0 Å². The molecule has 2 unspecified atom stereocenters. The molecule has 0 fully saturated rings. The van der Waals surface area contributed by atoms with Crippen molar-refractivity contribution in [2.75, 3.05) is 27.7 Å². The fourth-order valence-electron chi connectivity index (χ4n) is 4.60. The first kappa shape index (κ1) is 32.9. The number of carbonyl (C=O) groups excluding carboxylic acids is 2. The quantitative estimate of drug-likeness (QED) is 0.0902. The highest BCUT2D eigenvalue weighted by molar-refractivity contribution is 5.70. The molecule has 0 saturated carbocycles. The van der Waals surface area contributed by atoms with Crippen molar-refractivity contribution in [2.24, 2.45) is 5.92 Å². The van der Waals surface area contributed by atoms with Gasteiger partial charge in [0.25, 0.3) is 0 Å². The molecule has 0 aromatic heterocycles. The summed E-state index contributed by atoms with van der Waals surface area (Å²) in [5.74, 6) is -0.704. The molecule has 0 aromatic carbocycles. The van der Waals surface area contributed by atoms with Crippen LogP contribution in [0.1, 0.15) is 136 Å². The van der Waals surface area contributed by atoms with Crippen LogP contribution in [0.2, 0.25) is 0 Å². The number of hydrogen-bond donors (Lipinski definition) is 0. The molecule has 5 heteroatoms. The predicted octanol–water partition coefficient (Wildman–Crippen LogP) is 6.42. The standard InChI is InChI=1S/C29H57NO4/c1-6-7-8-9-10-11-12-13-14-15-16-18-21-26(2)22-19-17-20-23-29(33)34-27(24-28(31)32)25-30(3,4)5/h26-27H,6-25H2,1-5H3. The number of carboxylic acid groups (broad SMARTS) is 1. The second-order valence-electron chi connectivity index (χ2n) is 11.5. The van der Waals surface area contributed by atoms with E-state index in [2.05, 4.69) is 13.8 Å². The number of nitrogens with zero attached hydrogens (tertiary/aromatic N) is 1. The smallest absolute Gasteiger partial charge is 0.306 e. The lowest BCUT2D eigenvalue weighted by Crippen LogP contribution is -2.45. The van der Waals surface area contributed by atoms with Crippen LogP contribution < -0.4 is 5.11 Å². The lowest BCUT2D eigenvalue weighted by molar-refractivity contribution is -0.873. The van der Waals surface area contributed by atoms with E-state index >= 15 is 0 Å². The van der Waals surface area contributed by atoms with E-state index < -0.39 is 12.1 Å². The molecule has 0 aromatic rings. The topological polar surface area (TPSA) is 66.4 Å². The third-order valence-corrected chi connectivity index (χ3v) is 6.57. The monoisotopic (exact) mass is 483 g/mol. The molecule has 2 atom stereocenters. The molecule has 34 heavy (non-hydrogen) atoms. The summed E-state index contributed by atoms with van der Waals surface area (Å²) in [6.07, 6.45) is 21.8. The van der Waals surface area contributed by atoms with Crippen LogP contribution in [0.25, 0.3) is 0 Å².